The molecule has 0 atom stereocenters. The summed E-state index contributed by atoms with van der Waals surface area (Å²) < 4.78 is 19.3. The molecule has 2 aromatic carbocycles. The first-order valence-electron chi connectivity index (χ1n) is 10.7. The average Bonchev–Trinajstić information content (AvgIpc) is 3.13. The topological polar surface area (TPSA) is 70.0 Å². The van der Waals surface area contributed by atoms with Crippen molar-refractivity contribution in [1.82, 2.24) is 9.47 Å². The fraction of sp³-hybridized carbons (Fsp3) is 0.360. The Kier molecular flexibility index (Phi) is 8.01. The number of nitrogens with zero attached hydrogens (tertiary/aromatic N) is 2. The molecule has 0 saturated heterocycles. The number of rotatable bonds is 7. The maximum absolute atomic E-state index is 13.8. The van der Waals surface area contributed by atoms with Gasteiger partial charge in [-0.1, -0.05) is 18.2 Å². The van der Waals surface area contributed by atoms with Gasteiger partial charge in [-0.05, 0) is 80.1 Å². The molecule has 1 aromatic heterocycles. The fourth-order valence-corrected chi connectivity index (χ4v) is 3.89. The van der Waals surface area contributed by atoms with Gasteiger partial charge in [0.1, 0.15) is 23.8 Å². The first-order chi connectivity index (χ1) is 15.6. The highest BCUT2D eigenvalue weighted by atomic mass is 127. The lowest BCUT2D eigenvalue weighted by Gasteiger charge is -2.27. The number of hydrogen-bond acceptors (Lipinski definition) is 5. The van der Waals surface area contributed by atoms with Crippen molar-refractivity contribution in [3.05, 3.63) is 63.4 Å². The van der Waals surface area contributed by atoms with E-state index in [0.29, 0.717) is 18.1 Å². The van der Waals surface area contributed by atoms with Crippen LogP contribution in [0.4, 0.5) is 4.79 Å². The molecule has 0 aliphatic heterocycles. The smallest absolute Gasteiger partial charge is 0.417 e. The van der Waals surface area contributed by atoms with Crippen LogP contribution in [-0.4, -0.2) is 40.8 Å². The molecule has 3 rings (SSSR count). The highest BCUT2D eigenvalue weighted by Gasteiger charge is 2.31. The van der Waals surface area contributed by atoms with Crippen molar-refractivity contribution in [3.63, 3.8) is 0 Å². The fourth-order valence-electron chi connectivity index (χ4n) is 3.33. The zero-order valence-corrected chi connectivity index (χ0v) is 21.7. The number of hydrogen-bond donors (Lipinski definition) is 0. The third kappa shape index (κ3) is 6.05. The lowest BCUT2D eigenvalue weighted by atomic mass is 10.2. The quantitative estimate of drug-likeness (QED) is 0.338. The predicted molar refractivity (Wildman–Crippen MR) is 135 cm³/mol. The molecular formula is C25H29IN2O5. The number of imide groups is 1. The number of aromatic nitrogens is 1. The first kappa shape index (κ1) is 25.0. The van der Waals surface area contributed by atoms with E-state index < -0.39 is 17.6 Å². The summed E-state index contributed by atoms with van der Waals surface area (Å²) in [7, 11) is 1.59. The van der Waals surface area contributed by atoms with Gasteiger partial charge in [-0.3, -0.25) is 4.79 Å². The lowest BCUT2D eigenvalue weighted by molar-refractivity contribution is 0.0217. The number of amides is 2. The minimum atomic E-state index is -0.745. The number of halogens is 1. The van der Waals surface area contributed by atoms with Gasteiger partial charge in [0, 0.05) is 21.6 Å². The number of fused-ring (bicyclic) bond motifs is 1. The van der Waals surface area contributed by atoms with Gasteiger partial charge in [0.05, 0.1) is 19.2 Å². The van der Waals surface area contributed by atoms with Crippen molar-refractivity contribution in [2.45, 2.75) is 46.6 Å². The highest BCUT2D eigenvalue weighted by molar-refractivity contribution is 14.1. The number of ether oxygens (including phenoxy) is 3. The first-order valence-corrected chi connectivity index (χ1v) is 11.8. The van der Waals surface area contributed by atoms with Crippen molar-refractivity contribution in [2.24, 2.45) is 0 Å². The zero-order valence-electron chi connectivity index (χ0n) is 19.6. The van der Waals surface area contributed by atoms with Crippen LogP contribution in [0, 0.1) is 3.57 Å². The van der Waals surface area contributed by atoms with E-state index in [9.17, 15) is 9.59 Å². The molecule has 2 amide bonds. The van der Waals surface area contributed by atoms with Gasteiger partial charge < -0.3 is 18.8 Å². The Hall–Kier alpha value is -2.59. The molecule has 8 heteroatoms. The van der Waals surface area contributed by atoms with E-state index in [4.69, 9.17) is 14.2 Å². The molecule has 0 radical (unpaired) electrons. The minimum absolute atomic E-state index is 0.0896. The number of methoxy groups -OCH3 is 1. The summed E-state index contributed by atoms with van der Waals surface area (Å²) in [5, 5.41) is 0.845. The molecule has 0 saturated carbocycles. The number of carbonyl (C=O) groups excluding carboxylic acids is 2. The van der Waals surface area contributed by atoms with Crippen LogP contribution in [0.25, 0.3) is 10.9 Å². The Balaban J connectivity index is 2.09. The second-order valence-corrected chi connectivity index (χ2v) is 9.63. The van der Waals surface area contributed by atoms with Gasteiger partial charge in [-0.2, -0.15) is 0 Å². The summed E-state index contributed by atoms with van der Waals surface area (Å²) in [6, 6.07) is 15.0. The maximum atomic E-state index is 13.8. The van der Waals surface area contributed by atoms with E-state index in [-0.39, 0.29) is 13.3 Å². The predicted octanol–water partition coefficient (Wildman–Crippen LogP) is 5.83. The molecule has 0 bridgehead atoms. The Labute approximate surface area is 207 Å². The summed E-state index contributed by atoms with van der Waals surface area (Å²) in [5.74, 6) is 0.207. The van der Waals surface area contributed by atoms with Crippen LogP contribution < -0.4 is 4.74 Å². The minimum Gasteiger partial charge on any atom is -0.497 e. The Morgan fingerprint density at radius 2 is 1.82 bits per heavy atom. The summed E-state index contributed by atoms with van der Waals surface area (Å²) in [5.41, 5.74) is 1.23. The molecule has 0 aliphatic carbocycles. The Bertz CT molecular complexity index is 1150. The highest BCUT2D eigenvalue weighted by Crippen LogP contribution is 2.27. The van der Waals surface area contributed by atoms with Gasteiger partial charge >= 0.3 is 6.09 Å². The molecule has 0 fully saturated rings. The third-order valence-electron chi connectivity index (χ3n) is 4.90. The Morgan fingerprint density at radius 1 is 1.09 bits per heavy atom. The molecule has 7 nitrogen and oxygen atoms in total. The molecule has 176 valence electrons. The van der Waals surface area contributed by atoms with E-state index in [1.807, 2.05) is 49.4 Å². The van der Waals surface area contributed by atoms with Crippen LogP contribution >= 0.6 is 22.6 Å². The van der Waals surface area contributed by atoms with Crippen molar-refractivity contribution in [1.29, 1.82) is 0 Å². The van der Waals surface area contributed by atoms with E-state index in [1.54, 1.807) is 38.5 Å². The summed E-state index contributed by atoms with van der Waals surface area (Å²) in [6.45, 7) is 7.95. The van der Waals surface area contributed by atoms with E-state index >= 15 is 0 Å². The van der Waals surface area contributed by atoms with Crippen molar-refractivity contribution in [2.75, 3.05) is 13.7 Å². The van der Waals surface area contributed by atoms with E-state index in [1.165, 1.54) is 0 Å². The van der Waals surface area contributed by atoms with Crippen molar-refractivity contribution in [3.8, 4) is 5.75 Å². The van der Waals surface area contributed by atoms with Crippen LogP contribution in [-0.2, 0) is 22.7 Å². The van der Waals surface area contributed by atoms with Crippen molar-refractivity contribution < 1.29 is 23.8 Å². The maximum Gasteiger partial charge on any atom is 0.417 e. The summed E-state index contributed by atoms with van der Waals surface area (Å²) in [4.78, 5) is 28.1. The molecule has 0 N–H and O–H groups in total. The molecular weight excluding hydrogens is 535 g/mol. The van der Waals surface area contributed by atoms with Gasteiger partial charge in [0.15, 0.2) is 0 Å². The van der Waals surface area contributed by atoms with Gasteiger partial charge in [-0.15, -0.1) is 0 Å². The molecule has 1 heterocycles. The van der Waals surface area contributed by atoms with Crippen LogP contribution in [0.5, 0.6) is 5.75 Å². The third-order valence-corrected chi connectivity index (χ3v) is 5.95. The Morgan fingerprint density at radius 3 is 2.45 bits per heavy atom. The zero-order chi connectivity index (χ0) is 24.2. The van der Waals surface area contributed by atoms with Crippen LogP contribution in [0.3, 0.4) is 0 Å². The summed E-state index contributed by atoms with van der Waals surface area (Å²) >= 11 is 2.20. The second kappa shape index (κ2) is 10.6. The van der Waals surface area contributed by atoms with Crippen molar-refractivity contribution >= 4 is 45.5 Å². The monoisotopic (exact) mass is 564 g/mol. The SMILES string of the molecule is CCOCn1c(C(=O)N(Cc2ccccc2I)C(=O)OC(C)(C)C)cc2ccc(OC)cc21. The summed E-state index contributed by atoms with van der Waals surface area (Å²) in [6.07, 6.45) is -0.696. The van der Waals surface area contributed by atoms with E-state index in [2.05, 4.69) is 22.6 Å². The normalized spacial score (nSPS) is 11.5. The largest absolute Gasteiger partial charge is 0.497 e. The molecule has 0 aliphatic rings. The average molecular weight is 564 g/mol. The molecule has 0 unspecified atom stereocenters. The van der Waals surface area contributed by atoms with Gasteiger partial charge in [0.2, 0.25) is 0 Å². The lowest BCUT2D eigenvalue weighted by Crippen LogP contribution is -2.41. The van der Waals surface area contributed by atoms with Crippen LogP contribution in [0.2, 0.25) is 0 Å². The number of carbonyl (C=O) groups is 2. The molecule has 33 heavy (non-hydrogen) atoms. The number of benzene rings is 2. The van der Waals surface area contributed by atoms with Gasteiger partial charge in [0.25, 0.3) is 5.91 Å². The second-order valence-electron chi connectivity index (χ2n) is 8.47. The molecule has 0 spiro atoms. The standard InChI is InChI=1S/C25H29IN2O5/c1-6-32-16-28-21-14-19(31-5)12-11-17(21)13-22(28)23(29)27(24(30)33-25(2,3)4)15-18-9-7-8-10-20(18)26/h7-14H,6,15-16H2,1-5H3. The molecule has 3 aromatic rings. The van der Waals surface area contributed by atoms with Crippen LogP contribution in [0.15, 0.2) is 48.5 Å². The van der Waals surface area contributed by atoms with E-state index in [0.717, 1.165) is 24.9 Å². The van der Waals surface area contributed by atoms with Crippen LogP contribution in [0.1, 0.15) is 43.7 Å². The van der Waals surface area contributed by atoms with Gasteiger partial charge in [-0.25, -0.2) is 9.69 Å².